The fraction of sp³-hybridized carbons (Fsp3) is 0.200. The predicted molar refractivity (Wildman–Crippen MR) is 124 cm³/mol. The lowest BCUT2D eigenvalue weighted by molar-refractivity contribution is 0.0964. The highest BCUT2D eigenvalue weighted by molar-refractivity contribution is 6.06. The van der Waals surface area contributed by atoms with E-state index >= 15 is 0 Å². The Morgan fingerprint density at radius 2 is 2.03 bits per heavy atom. The Labute approximate surface area is 185 Å². The van der Waals surface area contributed by atoms with Gasteiger partial charge in [-0.3, -0.25) is 9.78 Å². The van der Waals surface area contributed by atoms with Crippen molar-refractivity contribution in [2.24, 2.45) is 0 Å². The van der Waals surface area contributed by atoms with Crippen molar-refractivity contribution < 1.29 is 9.53 Å². The number of benzene rings is 2. The second-order valence-corrected chi connectivity index (χ2v) is 7.64. The van der Waals surface area contributed by atoms with Crippen LogP contribution in [-0.2, 0) is 12.8 Å². The molecule has 32 heavy (non-hydrogen) atoms. The highest BCUT2D eigenvalue weighted by Crippen LogP contribution is 2.30. The Bertz CT molecular complexity index is 1300. The molecule has 0 radical (unpaired) electrons. The number of fused-ring (bicyclic) bond motifs is 2. The molecule has 0 fully saturated rings. The van der Waals surface area contributed by atoms with Crippen LogP contribution in [0.5, 0.6) is 5.75 Å². The molecule has 7 heteroatoms. The topological polar surface area (TPSA) is 89.0 Å². The van der Waals surface area contributed by atoms with Crippen LogP contribution >= 0.6 is 0 Å². The molecule has 0 atom stereocenters. The predicted octanol–water partition coefficient (Wildman–Crippen LogP) is 3.64. The number of hydrogen-bond donors (Lipinski definition) is 2. The third-order valence-electron chi connectivity index (χ3n) is 5.68. The average molecular weight is 425 g/mol. The molecule has 1 aliphatic heterocycles. The smallest absolute Gasteiger partial charge is 0.251 e. The average Bonchev–Trinajstić information content (AvgIpc) is 3.31. The first kappa shape index (κ1) is 19.9. The van der Waals surface area contributed by atoms with Crippen LogP contribution in [0.25, 0.3) is 22.2 Å². The standard InChI is InChI=1S/C25H23N5O2/c1-26-25(31)20-8-11-28-24-16(3-2-4-19(20)24)7-10-27-23-14-21(29-15-30-23)17-5-6-22-18(13-17)9-12-32-22/h2-6,8,11,13-15H,7,9-10,12H2,1H3,(H,26,31)(H,27,29,30). The number of carbonyl (C=O) groups is 1. The van der Waals surface area contributed by atoms with Gasteiger partial charge in [0, 0.05) is 43.2 Å². The van der Waals surface area contributed by atoms with Crippen molar-refractivity contribution in [1.29, 1.82) is 0 Å². The van der Waals surface area contributed by atoms with E-state index in [1.165, 1.54) is 5.56 Å². The van der Waals surface area contributed by atoms with E-state index in [1.807, 2.05) is 36.4 Å². The summed E-state index contributed by atoms with van der Waals surface area (Å²) in [5.74, 6) is 1.62. The highest BCUT2D eigenvalue weighted by Gasteiger charge is 2.14. The molecular formula is C25H23N5O2. The number of carbonyl (C=O) groups excluding carboxylic acids is 1. The number of pyridine rings is 1. The van der Waals surface area contributed by atoms with E-state index in [0.717, 1.165) is 58.7 Å². The lowest BCUT2D eigenvalue weighted by Gasteiger charge is -2.11. The molecule has 0 unspecified atom stereocenters. The van der Waals surface area contributed by atoms with Crippen molar-refractivity contribution in [3.8, 4) is 17.0 Å². The lowest BCUT2D eigenvalue weighted by atomic mass is 10.0. The molecule has 0 spiro atoms. The minimum absolute atomic E-state index is 0.112. The number of ether oxygens (including phenoxy) is 1. The Balaban J connectivity index is 1.32. The van der Waals surface area contributed by atoms with Crippen LogP contribution in [0, 0.1) is 0 Å². The summed E-state index contributed by atoms with van der Waals surface area (Å²) in [5, 5.41) is 6.93. The third-order valence-corrected chi connectivity index (χ3v) is 5.68. The molecule has 1 aliphatic rings. The Morgan fingerprint density at radius 3 is 2.94 bits per heavy atom. The second-order valence-electron chi connectivity index (χ2n) is 7.64. The van der Waals surface area contributed by atoms with E-state index in [-0.39, 0.29) is 5.91 Å². The molecule has 3 heterocycles. The number of nitrogens with one attached hydrogen (secondary N) is 2. The SMILES string of the molecule is CNC(=O)c1ccnc2c(CCNc3cc(-c4ccc5c(c4)CCO5)ncn3)cccc12. The van der Waals surface area contributed by atoms with Crippen LogP contribution < -0.4 is 15.4 Å². The monoisotopic (exact) mass is 425 g/mol. The van der Waals surface area contributed by atoms with Gasteiger partial charge in [0.25, 0.3) is 5.91 Å². The number of para-hydroxylation sites is 1. The zero-order chi connectivity index (χ0) is 21.9. The first-order valence-electron chi connectivity index (χ1n) is 10.6. The van der Waals surface area contributed by atoms with Crippen molar-refractivity contribution >= 4 is 22.6 Å². The summed E-state index contributed by atoms with van der Waals surface area (Å²) in [6.07, 6.45) is 4.94. The zero-order valence-electron chi connectivity index (χ0n) is 17.8. The first-order valence-corrected chi connectivity index (χ1v) is 10.6. The van der Waals surface area contributed by atoms with Crippen molar-refractivity contribution in [1.82, 2.24) is 20.3 Å². The molecule has 2 N–H and O–H groups in total. The van der Waals surface area contributed by atoms with Gasteiger partial charge in [0.2, 0.25) is 0 Å². The highest BCUT2D eigenvalue weighted by atomic mass is 16.5. The minimum Gasteiger partial charge on any atom is -0.493 e. The van der Waals surface area contributed by atoms with Crippen LogP contribution in [0.4, 0.5) is 5.82 Å². The van der Waals surface area contributed by atoms with Gasteiger partial charge in [-0.1, -0.05) is 18.2 Å². The van der Waals surface area contributed by atoms with Crippen LogP contribution in [-0.4, -0.2) is 41.1 Å². The molecule has 0 saturated carbocycles. The van der Waals surface area contributed by atoms with Crippen LogP contribution in [0.15, 0.2) is 61.1 Å². The van der Waals surface area contributed by atoms with Crippen LogP contribution in [0.2, 0.25) is 0 Å². The quantitative estimate of drug-likeness (QED) is 0.490. The van der Waals surface area contributed by atoms with E-state index < -0.39 is 0 Å². The molecule has 5 rings (SSSR count). The molecule has 4 aromatic rings. The Kier molecular flexibility index (Phi) is 5.37. The summed E-state index contributed by atoms with van der Waals surface area (Å²) in [4.78, 5) is 25.5. The van der Waals surface area contributed by atoms with Crippen LogP contribution in [0.1, 0.15) is 21.5 Å². The maximum absolute atomic E-state index is 12.2. The molecule has 7 nitrogen and oxygen atoms in total. The van der Waals surface area contributed by atoms with E-state index in [1.54, 1.807) is 25.6 Å². The molecule has 160 valence electrons. The number of nitrogens with zero attached hydrogens (tertiary/aromatic N) is 3. The summed E-state index contributed by atoms with van der Waals surface area (Å²) in [6.45, 7) is 1.42. The van der Waals surface area contributed by atoms with Crippen molar-refractivity contribution in [3.05, 3.63) is 77.7 Å². The summed E-state index contributed by atoms with van der Waals surface area (Å²) in [7, 11) is 1.63. The number of aromatic nitrogens is 3. The van der Waals surface area contributed by atoms with Gasteiger partial charge < -0.3 is 15.4 Å². The first-order chi connectivity index (χ1) is 15.7. The number of amides is 1. The van der Waals surface area contributed by atoms with E-state index in [0.29, 0.717) is 12.1 Å². The molecule has 2 aromatic heterocycles. The van der Waals surface area contributed by atoms with Crippen molar-refractivity contribution in [2.75, 3.05) is 25.5 Å². The fourth-order valence-corrected chi connectivity index (χ4v) is 4.05. The molecule has 0 saturated heterocycles. The van der Waals surface area contributed by atoms with Gasteiger partial charge in [0.05, 0.1) is 23.4 Å². The summed E-state index contributed by atoms with van der Waals surface area (Å²) in [6, 6.07) is 15.8. The summed E-state index contributed by atoms with van der Waals surface area (Å²) < 4.78 is 5.59. The van der Waals surface area contributed by atoms with Gasteiger partial charge in [-0.25, -0.2) is 9.97 Å². The third kappa shape index (κ3) is 3.85. The van der Waals surface area contributed by atoms with Crippen molar-refractivity contribution in [3.63, 3.8) is 0 Å². The van der Waals surface area contributed by atoms with Gasteiger partial charge >= 0.3 is 0 Å². The number of rotatable bonds is 6. The van der Waals surface area contributed by atoms with Gasteiger partial charge in [0.1, 0.15) is 17.9 Å². The minimum atomic E-state index is -0.112. The largest absolute Gasteiger partial charge is 0.493 e. The fourth-order valence-electron chi connectivity index (χ4n) is 4.05. The Morgan fingerprint density at radius 1 is 1.09 bits per heavy atom. The molecule has 2 aromatic carbocycles. The zero-order valence-corrected chi connectivity index (χ0v) is 17.8. The number of anilines is 1. The maximum atomic E-state index is 12.2. The number of hydrogen-bond acceptors (Lipinski definition) is 6. The van der Waals surface area contributed by atoms with Gasteiger partial charge in [0.15, 0.2) is 0 Å². The Hall–Kier alpha value is -4.00. The van der Waals surface area contributed by atoms with E-state index in [4.69, 9.17) is 4.74 Å². The lowest BCUT2D eigenvalue weighted by Crippen LogP contribution is -2.18. The summed E-state index contributed by atoms with van der Waals surface area (Å²) >= 11 is 0. The maximum Gasteiger partial charge on any atom is 0.251 e. The molecule has 0 aliphatic carbocycles. The second kappa shape index (κ2) is 8.63. The van der Waals surface area contributed by atoms with Gasteiger partial charge in [-0.2, -0.15) is 0 Å². The normalized spacial score (nSPS) is 12.3. The molecule has 1 amide bonds. The van der Waals surface area contributed by atoms with Gasteiger partial charge in [-0.15, -0.1) is 0 Å². The van der Waals surface area contributed by atoms with E-state index in [2.05, 4.69) is 31.7 Å². The van der Waals surface area contributed by atoms with E-state index in [9.17, 15) is 4.79 Å². The van der Waals surface area contributed by atoms with Crippen molar-refractivity contribution in [2.45, 2.75) is 12.8 Å². The van der Waals surface area contributed by atoms with Crippen LogP contribution in [0.3, 0.4) is 0 Å². The molecule has 0 bridgehead atoms. The summed E-state index contributed by atoms with van der Waals surface area (Å²) in [5.41, 5.74) is 5.70. The van der Waals surface area contributed by atoms with Gasteiger partial charge in [-0.05, 0) is 41.8 Å². The molecular weight excluding hydrogens is 402 g/mol.